The molecule has 1 aromatic heterocycles. The van der Waals surface area contributed by atoms with Gasteiger partial charge in [0.25, 0.3) is 0 Å². The van der Waals surface area contributed by atoms with Gasteiger partial charge < -0.3 is 5.32 Å². The van der Waals surface area contributed by atoms with Crippen molar-refractivity contribution in [1.82, 2.24) is 15.1 Å². The van der Waals surface area contributed by atoms with E-state index < -0.39 is 0 Å². The first kappa shape index (κ1) is 27.0. The average Bonchev–Trinajstić information content (AvgIpc) is 3.26. The zero-order valence-corrected chi connectivity index (χ0v) is 23.2. The molecule has 0 fully saturated rings. The van der Waals surface area contributed by atoms with Gasteiger partial charge in [-0.05, 0) is 43.2 Å². The molecule has 1 aliphatic rings. The van der Waals surface area contributed by atoms with Crippen molar-refractivity contribution in [1.29, 1.82) is 0 Å². The number of halogens is 2. The monoisotopic (exact) mass is 562 g/mol. The fraction of sp³-hybridized carbons (Fsp3) is 0.233. The van der Waals surface area contributed by atoms with Crippen molar-refractivity contribution in [3.63, 3.8) is 0 Å². The summed E-state index contributed by atoms with van der Waals surface area (Å²) in [6.45, 7) is 3.75. The third-order valence-corrected chi connectivity index (χ3v) is 8.29. The van der Waals surface area contributed by atoms with Crippen LogP contribution in [0.1, 0.15) is 36.6 Å². The molecule has 5 rings (SSSR count). The third kappa shape index (κ3) is 5.58. The summed E-state index contributed by atoms with van der Waals surface area (Å²) in [4.78, 5) is 28.3. The molecule has 2 amide bonds. The zero-order chi connectivity index (χ0) is 27.5. The molecule has 0 saturated heterocycles. The number of hydrogen-bond donors (Lipinski definition) is 1. The predicted molar refractivity (Wildman–Crippen MR) is 155 cm³/mol. The molecule has 9 heteroatoms. The molecule has 4 aromatic rings. The Balaban J connectivity index is 1.78. The first-order valence-electron chi connectivity index (χ1n) is 12.8. The number of thioether (sulfide) groups is 1. The van der Waals surface area contributed by atoms with Crippen LogP contribution in [0.4, 0.5) is 10.2 Å². The zero-order valence-electron chi connectivity index (χ0n) is 21.6. The van der Waals surface area contributed by atoms with Crippen LogP contribution in [0.3, 0.4) is 0 Å². The van der Waals surface area contributed by atoms with Crippen LogP contribution in [0.2, 0.25) is 5.02 Å². The second-order valence-corrected chi connectivity index (χ2v) is 10.9. The molecule has 0 spiro atoms. The van der Waals surface area contributed by atoms with Gasteiger partial charge in [-0.2, -0.15) is 5.10 Å². The lowest BCUT2D eigenvalue weighted by molar-refractivity contribution is -0.123. The number of anilines is 1. The highest BCUT2D eigenvalue weighted by Gasteiger charge is 2.38. The maximum absolute atomic E-state index is 13.9. The lowest BCUT2D eigenvalue weighted by atomic mass is 9.99. The molecule has 2 atom stereocenters. The molecule has 0 bridgehead atoms. The number of nitrogens with one attached hydrogen (secondary N) is 1. The topological polar surface area (TPSA) is 67.2 Å². The van der Waals surface area contributed by atoms with E-state index in [9.17, 15) is 14.0 Å². The smallest absolute Gasteiger partial charge is 0.240 e. The second kappa shape index (κ2) is 11.6. The molecular formula is C30H28ClFN4O2S. The quantitative estimate of drug-likeness (QED) is 0.282. The summed E-state index contributed by atoms with van der Waals surface area (Å²) >= 11 is 8.09. The maximum Gasteiger partial charge on any atom is 0.240 e. The van der Waals surface area contributed by atoms with Crippen molar-refractivity contribution in [2.75, 3.05) is 17.2 Å². The van der Waals surface area contributed by atoms with Gasteiger partial charge in [0.1, 0.15) is 18.2 Å². The van der Waals surface area contributed by atoms with E-state index in [2.05, 4.69) is 5.32 Å². The van der Waals surface area contributed by atoms with Gasteiger partial charge in [-0.3, -0.25) is 14.5 Å². The molecule has 0 saturated carbocycles. The van der Waals surface area contributed by atoms with Gasteiger partial charge in [0.15, 0.2) is 0 Å². The number of fused-ring (bicyclic) bond motifs is 1. The van der Waals surface area contributed by atoms with Crippen LogP contribution in [-0.2, 0) is 9.59 Å². The van der Waals surface area contributed by atoms with E-state index in [-0.39, 0.29) is 41.2 Å². The van der Waals surface area contributed by atoms with Crippen LogP contribution in [0.5, 0.6) is 0 Å². The molecule has 0 aliphatic carbocycles. The minimum Gasteiger partial charge on any atom is -0.352 e. The van der Waals surface area contributed by atoms with Gasteiger partial charge in [-0.15, -0.1) is 11.8 Å². The maximum atomic E-state index is 13.9. The molecule has 0 radical (unpaired) electrons. The molecule has 2 heterocycles. The molecule has 0 unspecified atom stereocenters. The highest BCUT2D eigenvalue weighted by atomic mass is 35.5. The summed E-state index contributed by atoms with van der Waals surface area (Å²) in [6.07, 6.45) is 0.767. The molecule has 200 valence electrons. The van der Waals surface area contributed by atoms with E-state index in [0.29, 0.717) is 22.2 Å². The minimum absolute atomic E-state index is 0.0336. The van der Waals surface area contributed by atoms with Crippen LogP contribution in [0, 0.1) is 5.82 Å². The van der Waals surface area contributed by atoms with Crippen molar-refractivity contribution in [3.05, 3.63) is 101 Å². The van der Waals surface area contributed by atoms with E-state index >= 15 is 0 Å². The number of nitrogens with zero attached hydrogens (tertiary/aromatic N) is 3. The average molecular weight is 563 g/mol. The highest BCUT2D eigenvalue weighted by Crippen LogP contribution is 2.48. The van der Waals surface area contributed by atoms with Gasteiger partial charge in [0.2, 0.25) is 11.8 Å². The standard InChI is InChI=1S/C30H28ClFN4O2S/c1-3-19(2)33-25(37)17-35-26(38)18-39-29(21-13-15-22(32)16-14-21)27-28(20-9-5-4-6-10-20)34-36(30(27)35)24-12-8-7-11-23(24)31/h4-16,19,29H,3,17-18H2,1-2H3,(H,33,37)/t19-,29+/m1/s1. The van der Waals surface area contributed by atoms with E-state index in [1.165, 1.54) is 28.8 Å². The van der Waals surface area contributed by atoms with Crippen molar-refractivity contribution >= 4 is 41.0 Å². The van der Waals surface area contributed by atoms with Crippen LogP contribution in [0.25, 0.3) is 16.9 Å². The summed E-state index contributed by atoms with van der Waals surface area (Å²) in [7, 11) is 0. The van der Waals surface area contributed by atoms with E-state index in [4.69, 9.17) is 16.7 Å². The second-order valence-electron chi connectivity index (χ2n) is 9.41. The number of hydrogen-bond acceptors (Lipinski definition) is 4. The summed E-state index contributed by atoms with van der Waals surface area (Å²) < 4.78 is 15.6. The molecule has 3 aromatic carbocycles. The molecule has 1 aliphatic heterocycles. The Morgan fingerprint density at radius 1 is 1.10 bits per heavy atom. The van der Waals surface area contributed by atoms with Crippen LogP contribution in [-0.4, -0.2) is 39.9 Å². The van der Waals surface area contributed by atoms with E-state index in [0.717, 1.165) is 23.1 Å². The van der Waals surface area contributed by atoms with Crippen LogP contribution >= 0.6 is 23.4 Å². The first-order valence-corrected chi connectivity index (χ1v) is 14.2. The SMILES string of the molecule is CC[C@@H](C)NC(=O)CN1C(=O)CS[C@@H](c2ccc(F)cc2)c2c(-c3ccccc3)nn(-c3ccccc3Cl)c21. The number of carbonyl (C=O) groups is 2. The van der Waals surface area contributed by atoms with Crippen molar-refractivity contribution in [3.8, 4) is 16.9 Å². The Labute approximate surface area is 236 Å². The van der Waals surface area contributed by atoms with Crippen LogP contribution < -0.4 is 10.2 Å². The van der Waals surface area contributed by atoms with E-state index in [1.54, 1.807) is 22.9 Å². The molecule has 39 heavy (non-hydrogen) atoms. The third-order valence-electron chi connectivity index (χ3n) is 6.71. The van der Waals surface area contributed by atoms with E-state index in [1.807, 2.05) is 62.4 Å². The van der Waals surface area contributed by atoms with Gasteiger partial charge in [0, 0.05) is 17.2 Å². The fourth-order valence-corrected chi connectivity index (χ4v) is 6.00. The number of carbonyl (C=O) groups excluding carboxylic acids is 2. The van der Waals surface area contributed by atoms with Crippen molar-refractivity contribution < 1.29 is 14.0 Å². The largest absolute Gasteiger partial charge is 0.352 e. The number of benzene rings is 3. The summed E-state index contributed by atoms with van der Waals surface area (Å²) in [5, 5.41) is 8.09. The summed E-state index contributed by atoms with van der Waals surface area (Å²) in [6, 6.07) is 23.2. The normalized spacial score (nSPS) is 15.9. The molecule has 1 N–H and O–H groups in total. The first-order chi connectivity index (χ1) is 18.9. The van der Waals surface area contributed by atoms with Crippen molar-refractivity contribution in [2.24, 2.45) is 0 Å². The minimum atomic E-state index is -0.348. The van der Waals surface area contributed by atoms with Gasteiger partial charge >= 0.3 is 0 Å². The Morgan fingerprint density at radius 3 is 2.49 bits per heavy atom. The number of amides is 2. The van der Waals surface area contributed by atoms with Gasteiger partial charge in [-0.25, -0.2) is 9.07 Å². The van der Waals surface area contributed by atoms with Gasteiger partial charge in [0.05, 0.1) is 27.4 Å². The Hall–Kier alpha value is -3.62. The Morgan fingerprint density at radius 2 is 1.79 bits per heavy atom. The highest BCUT2D eigenvalue weighted by molar-refractivity contribution is 8.00. The van der Waals surface area contributed by atoms with Crippen molar-refractivity contribution in [2.45, 2.75) is 31.6 Å². The fourth-order valence-electron chi connectivity index (χ4n) is 4.59. The summed E-state index contributed by atoms with van der Waals surface area (Å²) in [5.41, 5.74) is 3.69. The summed E-state index contributed by atoms with van der Waals surface area (Å²) in [5.74, 6) is -0.220. The number of aromatic nitrogens is 2. The Kier molecular flexibility index (Phi) is 8.04. The number of rotatable bonds is 7. The van der Waals surface area contributed by atoms with Gasteiger partial charge in [-0.1, -0.05) is 73.1 Å². The molecule has 6 nitrogen and oxygen atoms in total. The Bertz CT molecular complexity index is 1490. The predicted octanol–water partition coefficient (Wildman–Crippen LogP) is 6.42. The number of para-hydroxylation sites is 1. The lowest BCUT2D eigenvalue weighted by Crippen LogP contribution is -2.44. The molecular weight excluding hydrogens is 535 g/mol. The lowest BCUT2D eigenvalue weighted by Gasteiger charge is -2.24. The van der Waals surface area contributed by atoms with Crippen LogP contribution in [0.15, 0.2) is 78.9 Å².